The van der Waals surface area contributed by atoms with E-state index in [0.29, 0.717) is 19.4 Å². The number of hydrogen-bond donors (Lipinski definition) is 2. The van der Waals surface area contributed by atoms with Crippen molar-refractivity contribution in [2.75, 3.05) is 23.7 Å². The van der Waals surface area contributed by atoms with Crippen LogP contribution in [0.5, 0.6) is 0 Å². The summed E-state index contributed by atoms with van der Waals surface area (Å²) in [6, 6.07) is 5.73. The largest absolute Gasteiger partial charge is 0.399 e. The predicted molar refractivity (Wildman–Crippen MR) is 77.3 cm³/mol. The number of nitrogens with one attached hydrogen (secondary N) is 1. The second-order valence-electron chi connectivity index (χ2n) is 5.52. The summed E-state index contributed by atoms with van der Waals surface area (Å²) < 4.78 is 0. The molecule has 1 atom stereocenters. The fourth-order valence-corrected chi connectivity index (χ4v) is 3.01. The number of anilines is 2. The van der Waals surface area contributed by atoms with Crippen LogP contribution in [0.2, 0.25) is 0 Å². The molecular weight excluding hydrogens is 254 g/mol. The number of carbonyl (C=O) groups excluding carboxylic acids is 2. The van der Waals surface area contributed by atoms with Gasteiger partial charge in [0, 0.05) is 30.9 Å². The first kappa shape index (κ1) is 13.0. The summed E-state index contributed by atoms with van der Waals surface area (Å²) in [5.74, 6) is 0.0628. The van der Waals surface area contributed by atoms with Crippen molar-refractivity contribution < 1.29 is 9.59 Å². The van der Waals surface area contributed by atoms with Gasteiger partial charge in [-0.3, -0.25) is 9.59 Å². The maximum absolute atomic E-state index is 12.7. The molecule has 2 aliphatic rings. The molecule has 3 N–H and O–H groups in total. The molecule has 0 aliphatic carbocycles. The summed E-state index contributed by atoms with van der Waals surface area (Å²) in [5, 5.41) is 2.78. The smallest absolute Gasteiger partial charge is 0.231 e. The lowest BCUT2D eigenvalue weighted by Gasteiger charge is -2.33. The van der Waals surface area contributed by atoms with E-state index in [4.69, 9.17) is 5.73 Å². The fraction of sp³-hybridized carbons (Fsp3) is 0.467. The van der Waals surface area contributed by atoms with Gasteiger partial charge in [-0.2, -0.15) is 0 Å². The Morgan fingerprint density at radius 3 is 2.95 bits per heavy atom. The van der Waals surface area contributed by atoms with Gasteiger partial charge in [-0.05, 0) is 43.0 Å². The normalized spacial score (nSPS) is 22.1. The van der Waals surface area contributed by atoms with Crippen LogP contribution >= 0.6 is 0 Å². The minimum absolute atomic E-state index is 0.0425. The van der Waals surface area contributed by atoms with Crippen LogP contribution in [0.15, 0.2) is 18.2 Å². The summed E-state index contributed by atoms with van der Waals surface area (Å²) in [6.07, 6.45) is 3.01. The Kier molecular flexibility index (Phi) is 3.34. The monoisotopic (exact) mass is 273 g/mol. The highest BCUT2D eigenvalue weighted by molar-refractivity contribution is 5.97. The van der Waals surface area contributed by atoms with Crippen LogP contribution in [-0.2, 0) is 16.0 Å². The Balaban J connectivity index is 1.81. The zero-order chi connectivity index (χ0) is 14.1. The number of nitrogen functional groups attached to an aromatic ring is 1. The lowest BCUT2D eigenvalue weighted by Crippen LogP contribution is -2.46. The number of aryl methyl sites for hydroxylation is 1. The van der Waals surface area contributed by atoms with Crippen LogP contribution in [0.25, 0.3) is 0 Å². The van der Waals surface area contributed by atoms with E-state index in [1.54, 1.807) is 0 Å². The number of benzene rings is 1. The zero-order valence-electron chi connectivity index (χ0n) is 11.4. The highest BCUT2D eigenvalue weighted by atomic mass is 16.2. The van der Waals surface area contributed by atoms with Crippen LogP contribution in [0, 0.1) is 5.92 Å². The van der Waals surface area contributed by atoms with Crippen molar-refractivity contribution >= 4 is 23.2 Å². The molecule has 1 aromatic carbocycles. The molecule has 1 aromatic rings. The molecule has 1 unspecified atom stereocenters. The molecule has 20 heavy (non-hydrogen) atoms. The number of amides is 2. The van der Waals surface area contributed by atoms with Crippen LogP contribution < -0.4 is 16.0 Å². The zero-order valence-corrected chi connectivity index (χ0v) is 11.4. The molecule has 0 bridgehead atoms. The number of fused-ring (bicyclic) bond motifs is 1. The second-order valence-corrected chi connectivity index (χ2v) is 5.52. The number of nitrogens with two attached hydrogens (primary N) is 1. The topological polar surface area (TPSA) is 75.4 Å². The quantitative estimate of drug-likeness (QED) is 0.752. The maximum atomic E-state index is 12.7. The average Bonchev–Trinajstić information content (AvgIpc) is 2.46. The van der Waals surface area contributed by atoms with E-state index in [1.165, 1.54) is 0 Å². The Hall–Kier alpha value is -2.04. The summed E-state index contributed by atoms with van der Waals surface area (Å²) in [7, 11) is 0. The molecule has 5 heteroatoms. The number of rotatable bonds is 1. The lowest BCUT2D eigenvalue weighted by molar-refractivity contribution is -0.127. The molecular formula is C15H19N3O2. The molecule has 0 spiro atoms. The molecule has 2 aliphatic heterocycles. The van der Waals surface area contributed by atoms with Gasteiger partial charge in [-0.25, -0.2) is 0 Å². The standard InChI is InChI=1S/C15H19N3O2/c16-12-4-5-13-10(8-12)2-1-7-18(13)15(20)11-3-6-14(19)17-9-11/h4-5,8,11H,1-3,6-7,9,16H2,(H,17,19). The molecule has 2 heterocycles. The fourth-order valence-electron chi connectivity index (χ4n) is 3.01. The summed E-state index contributed by atoms with van der Waals surface area (Å²) in [4.78, 5) is 25.7. The van der Waals surface area contributed by atoms with Gasteiger partial charge in [0.25, 0.3) is 0 Å². The van der Waals surface area contributed by atoms with Crippen molar-refractivity contribution in [1.82, 2.24) is 5.32 Å². The summed E-state index contributed by atoms with van der Waals surface area (Å²) >= 11 is 0. The third-order valence-electron chi connectivity index (χ3n) is 4.10. The van der Waals surface area contributed by atoms with E-state index in [-0.39, 0.29) is 17.7 Å². The van der Waals surface area contributed by atoms with Crippen LogP contribution in [0.3, 0.4) is 0 Å². The van der Waals surface area contributed by atoms with E-state index < -0.39 is 0 Å². The van der Waals surface area contributed by atoms with E-state index in [2.05, 4.69) is 5.32 Å². The van der Waals surface area contributed by atoms with Crippen molar-refractivity contribution in [2.24, 2.45) is 5.92 Å². The number of carbonyl (C=O) groups is 2. The van der Waals surface area contributed by atoms with Crippen LogP contribution in [-0.4, -0.2) is 24.9 Å². The highest BCUT2D eigenvalue weighted by Gasteiger charge is 2.31. The lowest BCUT2D eigenvalue weighted by atomic mass is 9.94. The van der Waals surface area contributed by atoms with Crippen molar-refractivity contribution in [2.45, 2.75) is 25.7 Å². The molecule has 1 fully saturated rings. The molecule has 0 aromatic heterocycles. The third kappa shape index (κ3) is 2.35. The predicted octanol–water partition coefficient (Wildman–Crippen LogP) is 1.07. The van der Waals surface area contributed by atoms with Crippen LogP contribution in [0.4, 0.5) is 11.4 Å². The van der Waals surface area contributed by atoms with Crippen molar-refractivity contribution in [3.05, 3.63) is 23.8 Å². The van der Waals surface area contributed by atoms with Crippen molar-refractivity contribution in [3.63, 3.8) is 0 Å². The number of nitrogens with zero attached hydrogens (tertiary/aromatic N) is 1. The van der Waals surface area contributed by atoms with Gasteiger partial charge in [-0.1, -0.05) is 0 Å². The molecule has 5 nitrogen and oxygen atoms in total. The minimum atomic E-state index is -0.101. The first-order valence-electron chi connectivity index (χ1n) is 7.11. The molecule has 3 rings (SSSR count). The van der Waals surface area contributed by atoms with E-state index >= 15 is 0 Å². The molecule has 2 amide bonds. The van der Waals surface area contributed by atoms with Crippen LogP contribution in [0.1, 0.15) is 24.8 Å². The molecule has 106 valence electrons. The molecule has 0 saturated carbocycles. The van der Waals surface area contributed by atoms with E-state index in [0.717, 1.165) is 36.3 Å². The first-order valence-corrected chi connectivity index (χ1v) is 7.11. The van der Waals surface area contributed by atoms with E-state index in [9.17, 15) is 9.59 Å². The first-order chi connectivity index (χ1) is 9.65. The Labute approximate surface area is 118 Å². The van der Waals surface area contributed by atoms with E-state index in [1.807, 2.05) is 23.1 Å². The highest BCUT2D eigenvalue weighted by Crippen LogP contribution is 2.30. The van der Waals surface area contributed by atoms with Gasteiger partial charge in [0.2, 0.25) is 11.8 Å². The van der Waals surface area contributed by atoms with Gasteiger partial charge >= 0.3 is 0 Å². The molecule has 0 radical (unpaired) electrons. The number of hydrogen-bond acceptors (Lipinski definition) is 3. The maximum Gasteiger partial charge on any atom is 0.231 e. The average molecular weight is 273 g/mol. The Bertz CT molecular complexity index is 546. The third-order valence-corrected chi connectivity index (χ3v) is 4.10. The summed E-state index contributed by atoms with van der Waals surface area (Å²) in [5.41, 5.74) is 8.67. The van der Waals surface area contributed by atoms with Crippen molar-refractivity contribution in [3.8, 4) is 0 Å². The Morgan fingerprint density at radius 1 is 1.35 bits per heavy atom. The summed E-state index contributed by atoms with van der Waals surface area (Å²) in [6.45, 7) is 1.21. The van der Waals surface area contributed by atoms with Gasteiger partial charge in [0.05, 0.1) is 5.92 Å². The van der Waals surface area contributed by atoms with Gasteiger partial charge in [-0.15, -0.1) is 0 Å². The molecule has 1 saturated heterocycles. The SMILES string of the molecule is Nc1ccc2c(c1)CCCN2C(=O)C1CCC(=O)NC1. The van der Waals surface area contributed by atoms with Gasteiger partial charge < -0.3 is 16.0 Å². The van der Waals surface area contributed by atoms with Gasteiger partial charge in [0.15, 0.2) is 0 Å². The Morgan fingerprint density at radius 2 is 2.20 bits per heavy atom. The van der Waals surface area contributed by atoms with Gasteiger partial charge in [0.1, 0.15) is 0 Å². The number of piperidine rings is 1. The minimum Gasteiger partial charge on any atom is -0.399 e. The second kappa shape index (κ2) is 5.15. The van der Waals surface area contributed by atoms with Crippen molar-refractivity contribution in [1.29, 1.82) is 0 Å².